The standard InChI is InChI=1S/C18H26N4O2S/c1-12(24-16-9-7-6-8-15(16)23-5)10-20-18(19-4)21-11-17-13(2)22-14(3)25-17/h6-9,12H,10-11H2,1-5H3,(H2,19,20,21). The third-order valence-corrected chi connectivity index (χ3v) is 4.67. The van der Waals surface area contributed by atoms with E-state index in [1.54, 1.807) is 25.5 Å². The van der Waals surface area contributed by atoms with Gasteiger partial charge in [-0.2, -0.15) is 0 Å². The first-order chi connectivity index (χ1) is 12.0. The first-order valence-electron chi connectivity index (χ1n) is 8.20. The topological polar surface area (TPSA) is 67.8 Å². The third-order valence-electron chi connectivity index (χ3n) is 3.59. The van der Waals surface area contributed by atoms with E-state index in [9.17, 15) is 0 Å². The number of thiazole rings is 1. The highest BCUT2D eigenvalue weighted by molar-refractivity contribution is 7.11. The second-order valence-electron chi connectivity index (χ2n) is 5.63. The Morgan fingerprint density at radius 3 is 2.56 bits per heavy atom. The molecule has 0 bridgehead atoms. The largest absolute Gasteiger partial charge is 0.493 e. The average molecular weight is 362 g/mol. The summed E-state index contributed by atoms with van der Waals surface area (Å²) in [6, 6.07) is 7.63. The summed E-state index contributed by atoms with van der Waals surface area (Å²) in [6.45, 7) is 7.38. The number of benzene rings is 1. The minimum Gasteiger partial charge on any atom is -0.493 e. The van der Waals surface area contributed by atoms with Gasteiger partial charge in [-0.05, 0) is 32.9 Å². The number of guanidine groups is 1. The predicted molar refractivity (Wildman–Crippen MR) is 103 cm³/mol. The van der Waals surface area contributed by atoms with Gasteiger partial charge in [0.15, 0.2) is 17.5 Å². The Bertz CT molecular complexity index is 715. The number of aryl methyl sites for hydroxylation is 2. The van der Waals surface area contributed by atoms with E-state index >= 15 is 0 Å². The number of nitrogens with zero attached hydrogens (tertiary/aromatic N) is 2. The molecule has 1 unspecified atom stereocenters. The summed E-state index contributed by atoms with van der Waals surface area (Å²) in [5.74, 6) is 2.20. The van der Waals surface area contributed by atoms with E-state index in [0.29, 0.717) is 13.1 Å². The van der Waals surface area contributed by atoms with Gasteiger partial charge in [0.2, 0.25) is 0 Å². The van der Waals surface area contributed by atoms with Crippen LogP contribution in [0.4, 0.5) is 0 Å². The van der Waals surface area contributed by atoms with Crippen LogP contribution in [0.2, 0.25) is 0 Å². The highest BCUT2D eigenvalue weighted by Crippen LogP contribution is 2.26. The molecule has 136 valence electrons. The van der Waals surface area contributed by atoms with Crippen LogP contribution >= 0.6 is 11.3 Å². The Morgan fingerprint density at radius 2 is 1.96 bits per heavy atom. The molecule has 7 heteroatoms. The van der Waals surface area contributed by atoms with Crippen molar-refractivity contribution in [3.63, 3.8) is 0 Å². The SMILES string of the molecule is CN=C(NCc1sc(C)nc1C)NCC(C)Oc1ccccc1OC. The van der Waals surface area contributed by atoms with Crippen LogP contribution in [0.25, 0.3) is 0 Å². The first kappa shape index (κ1) is 19.1. The first-order valence-corrected chi connectivity index (χ1v) is 9.02. The zero-order valence-electron chi connectivity index (χ0n) is 15.4. The molecule has 25 heavy (non-hydrogen) atoms. The molecule has 1 aromatic carbocycles. The molecule has 0 aliphatic carbocycles. The summed E-state index contributed by atoms with van der Waals surface area (Å²) in [7, 11) is 3.39. The predicted octanol–water partition coefficient (Wildman–Crippen LogP) is 2.90. The van der Waals surface area contributed by atoms with Gasteiger partial charge in [-0.25, -0.2) is 4.98 Å². The molecular formula is C18H26N4O2S. The number of hydrogen-bond acceptors (Lipinski definition) is 5. The molecule has 2 N–H and O–H groups in total. The molecule has 0 amide bonds. The summed E-state index contributed by atoms with van der Waals surface area (Å²) in [4.78, 5) is 9.91. The quantitative estimate of drug-likeness (QED) is 0.586. The number of ether oxygens (including phenoxy) is 2. The van der Waals surface area contributed by atoms with Gasteiger partial charge in [-0.3, -0.25) is 4.99 Å². The van der Waals surface area contributed by atoms with E-state index in [2.05, 4.69) is 20.6 Å². The molecule has 0 fully saturated rings. The van der Waals surface area contributed by atoms with Crippen LogP contribution in [0.5, 0.6) is 11.5 Å². The molecule has 0 saturated carbocycles. The molecule has 0 saturated heterocycles. The summed E-state index contributed by atoms with van der Waals surface area (Å²) in [5.41, 5.74) is 1.07. The number of para-hydroxylation sites is 2. The van der Waals surface area contributed by atoms with Crippen LogP contribution in [0, 0.1) is 13.8 Å². The maximum Gasteiger partial charge on any atom is 0.191 e. The van der Waals surface area contributed by atoms with Crippen molar-refractivity contribution < 1.29 is 9.47 Å². The van der Waals surface area contributed by atoms with Gasteiger partial charge in [-0.15, -0.1) is 11.3 Å². The van der Waals surface area contributed by atoms with Crippen molar-refractivity contribution in [3.05, 3.63) is 39.8 Å². The maximum absolute atomic E-state index is 5.94. The van der Waals surface area contributed by atoms with Crippen molar-refractivity contribution >= 4 is 17.3 Å². The van der Waals surface area contributed by atoms with Gasteiger partial charge in [-0.1, -0.05) is 12.1 Å². The Kier molecular flexibility index (Phi) is 7.06. The number of methoxy groups -OCH3 is 1. The summed E-state index contributed by atoms with van der Waals surface area (Å²) in [6.07, 6.45) is -0.0396. The minimum absolute atomic E-state index is 0.0396. The molecule has 0 radical (unpaired) electrons. The van der Waals surface area contributed by atoms with Crippen molar-refractivity contribution in [1.29, 1.82) is 0 Å². The Labute approximate surface area is 153 Å². The third kappa shape index (κ3) is 5.63. The fourth-order valence-corrected chi connectivity index (χ4v) is 3.21. The Hall–Kier alpha value is -2.28. The van der Waals surface area contributed by atoms with E-state index < -0.39 is 0 Å². The lowest BCUT2D eigenvalue weighted by Gasteiger charge is -2.19. The lowest BCUT2D eigenvalue weighted by atomic mass is 10.3. The van der Waals surface area contributed by atoms with E-state index in [1.807, 2.05) is 45.0 Å². The number of aliphatic imine (C=N–C) groups is 1. The average Bonchev–Trinajstić information content (AvgIpc) is 2.93. The second kappa shape index (κ2) is 9.27. The number of rotatable bonds is 7. The normalized spacial score (nSPS) is 12.6. The second-order valence-corrected chi connectivity index (χ2v) is 6.92. The van der Waals surface area contributed by atoms with Gasteiger partial charge < -0.3 is 20.1 Å². The van der Waals surface area contributed by atoms with E-state index in [4.69, 9.17) is 9.47 Å². The lowest BCUT2D eigenvalue weighted by Crippen LogP contribution is -2.41. The van der Waals surface area contributed by atoms with Crippen molar-refractivity contribution in [2.45, 2.75) is 33.4 Å². The molecule has 2 rings (SSSR count). The number of aromatic nitrogens is 1. The van der Waals surface area contributed by atoms with Crippen molar-refractivity contribution in [3.8, 4) is 11.5 Å². The molecule has 0 aliphatic rings. The highest BCUT2D eigenvalue weighted by atomic mass is 32.1. The molecular weight excluding hydrogens is 336 g/mol. The summed E-state index contributed by atoms with van der Waals surface area (Å²) >= 11 is 1.70. The monoisotopic (exact) mass is 362 g/mol. The van der Waals surface area contributed by atoms with Crippen LogP contribution in [0.1, 0.15) is 22.5 Å². The lowest BCUT2D eigenvalue weighted by molar-refractivity contribution is 0.213. The molecule has 6 nitrogen and oxygen atoms in total. The molecule has 1 heterocycles. The van der Waals surface area contributed by atoms with Crippen LogP contribution in [-0.2, 0) is 6.54 Å². The van der Waals surface area contributed by atoms with Crippen molar-refractivity contribution in [2.75, 3.05) is 20.7 Å². The van der Waals surface area contributed by atoms with E-state index in [1.165, 1.54) is 4.88 Å². The highest BCUT2D eigenvalue weighted by Gasteiger charge is 2.10. The summed E-state index contributed by atoms with van der Waals surface area (Å²) in [5, 5.41) is 7.67. The molecule has 0 spiro atoms. The van der Waals surface area contributed by atoms with Crippen molar-refractivity contribution in [1.82, 2.24) is 15.6 Å². The van der Waals surface area contributed by atoms with Gasteiger partial charge in [0.05, 0.1) is 30.9 Å². The number of hydrogen-bond donors (Lipinski definition) is 2. The van der Waals surface area contributed by atoms with Crippen LogP contribution in [0.15, 0.2) is 29.3 Å². The van der Waals surface area contributed by atoms with Crippen molar-refractivity contribution in [2.24, 2.45) is 4.99 Å². The van der Waals surface area contributed by atoms with Gasteiger partial charge in [0.25, 0.3) is 0 Å². The van der Waals surface area contributed by atoms with Crippen LogP contribution in [-0.4, -0.2) is 37.7 Å². The van der Waals surface area contributed by atoms with Gasteiger partial charge >= 0.3 is 0 Å². The Morgan fingerprint density at radius 1 is 1.24 bits per heavy atom. The molecule has 0 aliphatic heterocycles. The van der Waals surface area contributed by atoms with Gasteiger partial charge in [0.1, 0.15) is 6.10 Å². The van der Waals surface area contributed by atoms with Crippen LogP contribution in [0.3, 0.4) is 0 Å². The Balaban J connectivity index is 1.82. The summed E-state index contributed by atoms with van der Waals surface area (Å²) < 4.78 is 11.2. The minimum atomic E-state index is -0.0396. The number of nitrogens with one attached hydrogen (secondary N) is 2. The zero-order chi connectivity index (χ0) is 18.2. The fourth-order valence-electron chi connectivity index (χ4n) is 2.34. The molecule has 1 aromatic heterocycles. The van der Waals surface area contributed by atoms with E-state index in [-0.39, 0.29) is 6.10 Å². The fraction of sp³-hybridized carbons (Fsp3) is 0.444. The maximum atomic E-state index is 5.94. The van der Waals surface area contributed by atoms with Gasteiger partial charge in [0, 0.05) is 11.9 Å². The zero-order valence-corrected chi connectivity index (χ0v) is 16.2. The van der Waals surface area contributed by atoms with Crippen LogP contribution < -0.4 is 20.1 Å². The smallest absolute Gasteiger partial charge is 0.191 e. The van der Waals surface area contributed by atoms with E-state index in [0.717, 1.165) is 28.2 Å². The molecule has 2 aromatic rings. The molecule has 1 atom stereocenters.